The van der Waals surface area contributed by atoms with Gasteiger partial charge in [-0.1, -0.05) is 45.1 Å². The third kappa shape index (κ3) is 3.39. The molecule has 0 unspecified atom stereocenters. The van der Waals surface area contributed by atoms with E-state index < -0.39 is 23.8 Å². The second kappa shape index (κ2) is 7.78. The molecule has 6 atom stereocenters. The molecule has 0 aromatic carbocycles. The molecule has 0 saturated heterocycles. The van der Waals surface area contributed by atoms with E-state index >= 15 is 0 Å². The van der Waals surface area contributed by atoms with Crippen molar-refractivity contribution in [1.82, 2.24) is 0 Å². The van der Waals surface area contributed by atoms with Crippen LogP contribution in [0.4, 0.5) is 0 Å². The van der Waals surface area contributed by atoms with Gasteiger partial charge in [-0.3, -0.25) is 9.59 Å². The van der Waals surface area contributed by atoms with Gasteiger partial charge in [0.1, 0.15) is 6.08 Å². The fourth-order valence-corrected chi connectivity index (χ4v) is 7.88. The van der Waals surface area contributed by atoms with Crippen LogP contribution in [0.2, 0.25) is 0 Å². The minimum atomic E-state index is -1.86. The largest absolute Gasteiger partial charge is 0.462 e. The van der Waals surface area contributed by atoms with Crippen LogP contribution in [0.1, 0.15) is 108 Å². The van der Waals surface area contributed by atoms with E-state index in [9.17, 15) is 11.0 Å². The summed E-state index contributed by atoms with van der Waals surface area (Å²) in [6.07, 6.45) is 9.35. The van der Waals surface area contributed by atoms with E-state index in [1.165, 1.54) is 31.3 Å². The molecule has 0 amide bonds. The summed E-state index contributed by atoms with van der Waals surface area (Å²) in [6, 6.07) is 0. The van der Waals surface area contributed by atoms with Gasteiger partial charge >= 0.3 is 5.97 Å². The second-order valence-corrected chi connectivity index (χ2v) is 11.3. The van der Waals surface area contributed by atoms with E-state index in [4.69, 9.17) is 7.48 Å². The molecule has 3 heteroatoms. The van der Waals surface area contributed by atoms with Crippen LogP contribution in [0.5, 0.6) is 0 Å². The molecular weight excluding hydrogens is 372 g/mol. The molecule has 5 aliphatic rings. The van der Waals surface area contributed by atoms with Crippen molar-refractivity contribution >= 4 is 11.8 Å². The summed E-state index contributed by atoms with van der Waals surface area (Å²) in [6.45, 7) is 4.33. The fraction of sp³-hybridized carbons (Fsp3) is 0.852. The second-order valence-electron chi connectivity index (χ2n) is 11.3. The quantitative estimate of drug-likeness (QED) is 0.499. The Morgan fingerprint density at radius 1 is 1.13 bits per heavy atom. The normalized spacial score (nSPS) is 49.1. The van der Waals surface area contributed by atoms with Gasteiger partial charge in [-0.2, -0.15) is 0 Å². The van der Waals surface area contributed by atoms with Crippen LogP contribution in [-0.2, 0) is 14.3 Å². The highest BCUT2D eigenvalue weighted by Crippen LogP contribution is 2.65. The van der Waals surface area contributed by atoms with Crippen LogP contribution in [0.25, 0.3) is 0 Å². The molecule has 5 aliphatic carbocycles. The van der Waals surface area contributed by atoms with Crippen molar-refractivity contribution < 1.29 is 18.4 Å². The van der Waals surface area contributed by atoms with Crippen LogP contribution >= 0.6 is 0 Å². The minimum Gasteiger partial charge on any atom is -0.462 e. The van der Waals surface area contributed by atoms with Gasteiger partial charge in [-0.05, 0) is 86.5 Å². The molecule has 5 rings (SSSR count). The molecule has 0 radical (unpaired) electrons. The van der Waals surface area contributed by atoms with Gasteiger partial charge in [-0.25, -0.2) is 0 Å². The topological polar surface area (TPSA) is 43.4 Å². The highest BCUT2D eigenvalue weighted by molar-refractivity contribution is 5.91. The maximum Gasteiger partial charge on any atom is 0.306 e. The number of allylic oxidation sites excluding steroid dienone is 1. The molecule has 30 heavy (non-hydrogen) atoms. The zero-order valence-corrected chi connectivity index (χ0v) is 18.8. The van der Waals surface area contributed by atoms with Crippen molar-refractivity contribution in [2.45, 2.75) is 110 Å². The first-order valence-electron chi connectivity index (χ1n) is 14.0. The van der Waals surface area contributed by atoms with Crippen molar-refractivity contribution in [3.63, 3.8) is 0 Å². The number of ketones is 1. The maximum atomic E-state index is 12.9. The Balaban J connectivity index is 1.37. The van der Waals surface area contributed by atoms with Crippen LogP contribution in [-0.4, -0.2) is 17.8 Å². The third-order valence-electron chi connectivity index (χ3n) is 9.80. The molecule has 166 valence electrons. The van der Waals surface area contributed by atoms with Crippen LogP contribution in [0.3, 0.4) is 0 Å². The highest BCUT2D eigenvalue weighted by Gasteiger charge is 2.59. The van der Waals surface area contributed by atoms with E-state index in [-0.39, 0.29) is 23.5 Å². The number of carbonyl (C=O) groups is 2. The summed E-state index contributed by atoms with van der Waals surface area (Å²) in [4.78, 5) is 24.9. The lowest BCUT2D eigenvalue weighted by Gasteiger charge is -2.57. The molecule has 0 aromatic rings. The molecule has 0 heterocycles. The average Bonchev–Trinajstić information content (AvgIpc) is 3.32. The van der Waals surface area contributed by atoms with Crippen LogP contribution in [0.15, 0.2) is 11.6 Å². The van der Waals surface area contributed by atoms with E-state index in [0.717, 1.165) is 32.1 Å². The van der Waals surface area contributed by atoms with Gasteiger partial charge in [0.2, 0.25) is 0 Å². The molecule has 4 fully saturated rings. The first-order chi connectivity index (χ1) is 15.5. The Morgan fingerprint density at radius 3 is 2.73 bits per heavy atom. The van der Waals surface area contributed by atoms with Gasteiger partial charge < -0.3 is 4.74 Å². The Morgan fingerprint density at radius 2 is 1.93 bits per heavy atom. The number of esters is 1. The number of ether oxygens (including phenoxy) is 1. The third-order valence-corrected chi connectivity index (χ3v) is 9.80. The maximum absolute atomic E-state index is 12.9. The lowest BCUT2D eigenvalue weighted by atomic mass is 9.47. The van der Waals surface area contributed by atoms with Gasteiger partial charge in [0, 0.05) is 21.0 Å². The monoisotopic (exact) mass is 415 g/mol. The average molecular weight is 416 g/mol. The van der Waals surface area contributed by atoms with E-state index in [1.807, 2.05) is 13.0 Å². The van der Waals surface area contributed by atoms with Crippen molar-refractivity contribution in [1.29, 1.82) is 0 Å². The summed E-state index contributed by atoms with van der Waals surface area (Å²) in [5.41, 5.74) is 0.624. The zero-order chi connectivity index (χ0) is 23.6. The number of hydrogen-bond donors (Lipinski definition) is 0. The Bertz CT molecular complexity index is 863. The molecule has 4 saturated carbocycles. The molecule has 0 spiro atoms. The van der Waals surface area contributed by atoms with Crippen molar-refractivity contribution in [3.8, 4) is 0 Å². The smallest absolute Gasteiger partial charge is 0.306 e. The number of hydrogen-bond acceptors (Lipinski definition) is 3. The summed E-state index contributed by atoms with van der Waals surface area (Å²) >= 11 is 0. The van der Waals surface area contributed by atoms with Crippen LogP contribution in [0, 0.1) is 34.5 Å². The highest BCUT2D eigenvalue weighted by atomic mass is 16.5. The molecule has 0 N–H and O–H groups in total. The van der Waals surface area contributed by atoms with E-state index in [2.05, 4.69) is 6.92 Å². The fourth-order valence-electron chi connectivity index (χ4n) is 7.88. The summed E-state index contributed by atoms with van der Waals surface area (Å²) < 4.78 is 32.9. The SMILES string of the molecule is [2H]C1([2H])C[C@H]2[C@@H]3CCC4=CC(=O)CC[C@]4(C)[C@H]3CC[C@]2(C)[C@@]1([2H])OC(=O)CCC1CCCC1. The number of carbonyl (C=O) groups excluding carboxylic acids is 2. The standard InChI is InChI=1S/C27H40O3/c1-26-15-13-20(28)17-19(26)8-9-21-22-10-11-24(27(22,2)16-14-23(21)26)30-25(29)12-7-18-5-3-4-6-18/h17-18,21-24H,3-16H2,1-2H3/t21-,22-,23-,24-,26-,27-/m0/s1/i11D2,24D. The van der Waals surface area contributed by atoms with Gasteiger partial charge in [0.05, 0.1) is 1.37 Å². The molecule has 0 bridgehead atoms. The predicted octanol–water partition coefficient (Wildman–Crippen LogP) is 6.40. The van der Waals surface area contributed by atoms with E-state index in [0.29, 0.717) is 37.0 Å². The first kappa shape index (κ1) is 17.4. The minimum absolute atomic E-state index is 0.0100. The lowest BCUT2D eigenvalue weighted by molar-refractivity contribution is -0.160. The summed E-state index contributed by atoms with van der Waals surface area (Å²) in [5.74, 6) is 1.19. The molecule has 3 nitrogen and oxygen atoms in total. The Labute approximate surface area is 186 Å². The lowest BCUT2D eigenvalue weighted by Crippen LogP contribution is -2.51. The van der Waals surface area contributed by atoms with E-state index in [1.54, 1.807) is 0 Å². The number of rotatable bonds is 4. The van der Waals surface area contributed by atoms with Gasteiger partial charge in [0.25, 0.3) is 0 Å². The Hall–Kier alpha value is -1.12. The summed E-state index contributed by atoms with van der Waals surface area (Å²) in [5, 5.41) is 0. The van der Waals surface area contributed by atoms with Gasteiger partial charge in [-0.15, -0.1) is 0 Å². The zero-order valence-electron chi connectivity index (χ0n) is 21.8. The summed E-state index contributed by atoms with van der Waals surface area (Å²) in [7, 11) is 0. The Kier molecular flexibility index (Phi) is 4.52. The van der Waals surface area contributed by atoms with Crippen molar-refractivity contribution in [2.24, 2.45) is 34.5 Å². The van der Waals surface area contributed by atoms with Gasteiger partial charge in [0.15, 0.2) is 5.78 Å². The molecule has 0 aliphatic heterocycles. The number of fused-ring (bicyclic) bond motifs is 5. The molecule has 0 aromatic heterocycles. The molecular formula is C27H40O3. The van der Waals surface area contributed by atoms with Crippen molar-refractivity contribution in [3.05, 3.63) is 11.6 Å². The van der Waals surface area contributed by atoms with Crippen LogP contribution < -0.4 is 0 Å². The predicted molar refractivity (Wildman–Crippen MR) is 118 cm³/mol. The first-order valence-corrected chi connectivity index (χ1v) is 12.5. The van der Waals surface area contributed by atoms with Crippen molar-refractivity contribution in [2.75, 3.05) is 0 Å².